The fraction of sp³-hybridized carbons (Fsp3) is 0.222. The number of rotatable bonds is 4. The third-order valence-corrected chi connectivity index (χ3v) is 2.50. The molecule has 2 rings (SSSR count). The number of carboxylic acid groups (broad SMARTS) is 1. The van der Waals surface area contributed by atoms with E-state index in [1.54, 1.807) is 4.90 Å². The average molecular weight is 253 g/mol. The quantitative estimate of drug-likeness (QED) is 0.482. The maximum atomic E-state index is 10.9. The molecule has 9 heteroatoms. The number of aromatic carboxylic acids is 1. The van der Waals surface area contributed by atoms with Crippen molar-refractivity contribution in [3.05, 3.63) is 37.9 Å². The van der Waals surface area contributed by atoms with Gasteiger partial charge in [-0.1, -0.05) is 0 Å². The highest BCUT2D eigenvalue weighted by atomic mass is 16.6. The van der Waals surface area contributed by atoms with Crippen LogP contribution in [-0.2, 0) is 0 Å². The Morgan fingerprint density at radius 1 is 1.17 bits per heavy atom. The third-order valence-electron chi connectivity index (χ3n) is 2.50. The van der Waals surface area contributed by atoms with E-state index in [-0.39, 0.29) is 5.69 Å². The van der Waals surface area contributed by atoms with Gasteiger partial charge >= 0.3 is 5.97 Å². The molecule has 1 aromatic rings. The van der Waals surface area contributed by atoms with Crippen LogP contribution < -0.4 is 4.90 Å². The van der Waals surface area contributed by atoms with Gasteiger partial charge in [0.25, 0.3) is 11.4 Å². The van der Waals surface area contributed by atoms with Crippen LogP contribution in [0.15, 0.2) is 12.1 Å². The number of anilines is 1. The molecule has 1 saturated heterocycles. The number of nitro groups is 2. The molecule has 1 aromatic carbocycles. The van der Waals surface area contributed by atoms with Gasteiger partial charge in [0.15, 0.2) is 0 Å². The Bertz CT molecular complexity index is 566. The normalized spacial score (nSPS) is 13.2. The Labute approximate surface area is 99.5 Å². The Kier molecular flexibility index (Phi) is 2.58. The van der Waals surface area contributed by atoms with Gasteiger partial charge in [-0.2, -0.15) is 0 Å². The summed E-state index contributed by atoms with van der Waals surface area (Å²) >= 11 is 0. The molecule has 0 radical (unpaired) electrons. The van der Waals surface area contributed by atoms with Crippen molar-refractivity contribution in [2.24, 2.45) is 0 Å². The highest BCUT2D eigenvalue weighted by Gasteiger charge is 2.33. The number of hydrogen-bond acceptors (Lipinski definition) is 6. The SMILES string of the molecule is O=C(O)c1cc(N2CC2)c([N+](=O)[O-])cc1[N+](=O)[O-]. The van der Waals surface area contributed by atoms with Crippen molar-refractivity contribution in [2.45, 2.75) is 0 Å². The van der Waals surface area contributed by atoms with Crippen LogP contribution in [0.1, 0.15) is 10.4 Å². The van der Waals surface area contributed by atoms with E-state index in [9.17, 15) is 25.0 Å². The van der Waals surface area contributed by atoms with Gasteiger partial charge in [-0.3, -0.25) is 20.2 Å². The van der Waals surface area contributed by atoms with Crippen LogP contribution in [0.2, 0.25) is 0 Å². The minimum absolute atomic E-state index is 0.100. The van der Waals surface area contributed by atoms with Gasteiger partial charge in [-0.25, -0.2) is 4.79 Å². The molecular formula is C9H7N3O6. The van der Waals surface area contributed by atoms with E-state index >= 15 is 0 Å². The lowest BCUT2D eigenvalue weighted by Gasteiger charge is -2.06. The molecule has 1 aliphatic rings. The number of benzene rings is 1. The predicted molar refractivity (Wildman–Crippen MR) is 58.9 cm³/mol. The Morgan fingerprint density at radius 2 is 1.72 bits per heavy atom. The molecule has 1 N–H and O–H groups in total. The van der Waals surface area contributed by atoms with Crippen LogP contribution in [0.5, 0.6) is 0 Å². The second-order valence-corrected chi connectivity index (χ2v) is 3.66. The zero-order valence-electron chi connectivity index (χ0n) is 8.90. The maximum absolute atomic E-state index is 10.9. The summed E-state index contributed by atoms with van der Waals surface area (Å²) in [5.41, 5.74) is -1.68. The molecule has 1 heterocycles. The summed E-state index contributed by atoms with van der Waals surface area (Å²) in [6.07, 6.45) is 0. The second kappa shape index (κ2) is 3.95. The fourth-order valence-corrected chi connectivity index (χ4v) is 1.58. The monoisotopic (exact) mass is 253 g/mol. The standard InChI is InChI=1S/C9H7N3O6/c13-9(14)5-3-7(10-1-2-10)8(12(17)18)4-6(5)11(15)16/h3-4H,1-2H2,(H,13,14). The van der Waals surface area contributed by atoms with Crippen molar-refractivity contribution in [2.75, 3.05) is 18.0 Å². The maximum Gasteiger partial charge on any atom is 0.342 e. The minimum atomic E-state index is -1.49. The van der Waals surface area contributed by atoms with Gasteiger partial charge in [-0.15, -0.1) is 0 Å². The summed E-state index contributed by atoms with van der Waals surface area (Å²) in [5, 5.41) is 30.4. The van der Waals surface area contributed by atoms with Crippen molar-refractivity contribution in [1.82, 2.24) is 0 Å². The van der Waals surface area contributed by atoms with E-state index in [0.717, 1.165) is 6.07 Å². The van der Waals surface area contributed by atoms with Crippen LogP contribution >= 0.6 is 0 Å². The molecule has 18 heavy (non-hydrogen) atoms. The van der Waals surface area contributed by atoms with Gasteiger partial charge in [0.2, 0.25) is 0 Å². The lowest BCUT2D eigenvalue weighted by Crippen LogP contribution is -2.07. The van der Waals surface area contributed by atoms with Gasteiger partial charge in [0.05, 0.1) is 15.9 Å². The van der Waals surface area contributed by atoms with Crippen LogP contribution in [0.25, 0.3) is 0 Å². The van der Waals surface area contributed by atoms with Crippen LogP contribution in [0.4, 0.5) is 17.1 Å². The second-order valence-electron chi connectivity index (χ2n) is 3.66. The van der Waals surface area contributed by atoms with Gasteiger partial charge in [-0.05, 0) is 6.07 Å². The van der Waals surface area contributed by atoms with Crippen molar-refractivity contribution < 1.29 is 19.7 Å². The molecule has 0 unspecified atom stereocenters. The predicted octanol–water partition coefficient (Wildman–Crippen LogP) is 1.02. The largest absolute Gasteiger partial charge is 0.477 e. The number of carboxylic acids is 1. The summed E-state index contributed by atoms with van der Waals surface area (Å²) < 4.78 is 0. The molecule has 9 nitrogen and oxygen atoms in total. The van der Waals surface area contributed by atoms with E-state index < -0.39 is 32.8 Å². The first-order chi connectivity index (χ1) is 8.41. The van der Waals surface area contributed by atoms with Crippen LogP contribution in [-0.4, -0.2) is 34.0 Å². The number of hydrogen-bond donors (Lipinski definition) is 1. The summed E-state index contributed by atoms with van der Waals surface area (Å²) in [6, 6.07) is 1.67. The van der Waals surface area contributed by atoms with E-state index in [0.29, 0.717) is 19.2 Å². The molecule has 0 bridgehead atoms. The first-order valence-corrected chi connectivity index (χ1v) is 4.87. The van der Waals surface area contributed by atoms with E-state index in [1.165, 1.54) is 0 Å². The molecule has 0 atom stereocenters. The highest BCUT2D eigenvalue weighted by molar-refractivity contribution is 5.95. The molecule has 0 aliphatic carbocycles. The average Bonchev–Trinajstić information content (AvgIpc) is 3.10. The van der Waals surface area contributed by atoms with Crippen LogP contribution in [0, 0.1) is 20.2 Å². The summed E-state index contributed by atoms with van der Waals surface area (Å²) in [7, 11) is 0. The Morgan fingerprint density at radius 3 is 2.11 bits per heavy atom. The molecular weight excluding hydrogens is 246 g/mol. The lowest BCUT2D eigenvalue weighted by atomic mass is 10.1. The summed E-state index contributed by atoms with van der Waals surface area (Å²) in [4.78, 5) is 32.3. The molecule has 0 aromatic heterocycles. The van der Waals surface area contributed by atoms with E-state index in [4.69, 9.17) is 5.11 Å². The lowest BCUT2D eigenvalue weighted by molar-refractivity contribution is -0.393. The van der Waals surface area contributed by atoms with Gasteiger partial charge in [0.1, 0.15) is 11.3 Å². The first kappa shape index (κ1) is 11.8. The zero-order chi connectivity index (χ0) is 13.4. The summed E-state index contributed by atoms with van der Waals surface area (Å²) in [6.45, 7) is 1.13. The zero-order valence-corrected chi connectivity index (χ0v) is 8.90. The number of nitro benzene ring substituents is 2. The van der Waals surface area contributed by atoms with Crippen molar-refractivity contribution in [3.8, 4) is 0 Å². The number of carbonyl (C=O) groups is 1. The van der Waals surface area contributed by atoms with Gasteiger partial charge in [0, 0.05) is 13.1 Å². The van der Waals surface area contributed by atoms with Crippen molar-refractivity contribution in [3.63, 3.8) is 0 Å². The molecule has 94 valence electrons. The Hall–Kier alpha value is -2.71. The molecule has 0 saturated carbocycles. The Balaban J connectivity index is 2.67. The smallest absolute Gasteiger partial charge is 0.342 e. The summed E-state index contributed by atoms with van der Waals surface area (Å²) in [5.74, 6) is -1.49. The van der Waals surface area contributed by atoms with Gasteiger partial charge < -0.3 is 10.0 Å². The van der Waals surface area contributed by atoms with Crippen LogP contribution in [0.3, 0.4) is 0 Å². The topological polar surface area (TPSA) is 127 Å². The third kappa shape index (κ3) is 1.93. The minimum Gasteiger partial charge on any atom is -0.477 e. The fourth-order valence-electron chi connectivity index (χ4n) is 1.58. The van der Waals surface area contributed by atoms with E-state index in [2.05, 4.69) is 0 Å². The molecule has 0 spiro atoms. The highest BCUT2D eigenvalue weighted by Crippen LogP contribution is 2.37. The molecule has 0 amide bonds. The van der Waals surface area contributed by atoms with E-state index in [1.807, 2.05) is 0 Å². The van der Waals surface area contributed by atoms with Crippen molar-refractivity contribution >= 4 is 23.0 Å². The number of nitrogens with zero attached hydrogens (tertiary/aromatic N) is 3. The van der Waals surface area contributed by atoms with Crippen molar-refractivity contribution in [1.29, 1.82) is 0 Å². The first-order valence-electron chi connectivity index (χ1n) is 4.87. The molecule has 1 aliphatic heterocycles. The molecule has 1 fully saturated rings.